The maximum Gasteiger partial charge on any atom is 0.333 e. The van der Waals surface area contributed by atoms with Crippen molar-refractivity contribution in [3.63, 3.8) is 0 Å². The van der Waals surface area contributed by atoms with Crippen LogP contribution in [-0.4, -0.2) is 31.2 Å². The Bertz CT molecular complexity index is 447. The summed E-state index contributed by atoms with van der Waals surface area (Å²) in [5, 5.41) is 13.6. The Morgan fingerprint density at radius 3 is 2.78 bits per heavy atom. The number of esters is 1. The van der Waals surface area contributed by atoms with Crippen LogP contribution in [0.25, 0.3) is 0 Å². The van der Waals surface area contributed by atoms with E-state index in [0.29, 0.717) is 0 Å². The zero-order chi connectivity index (χ0) is 13.5. The van der Waals surface area contributed by atoms with Gasteiger partial charge in [-0.2, -0.15) is 0 Å². The quantitative estimate of drug-likeness (QED) is 0.471. The molecule has 1 aromatic carbocycles. The highest BCUT2D eigenvalue weighted by Gasteiger charge is 2.20. The minimum atomic E-state index is -0.563. The number of carbonyl (C=O) groups excluding carboxylic acids is 1. The Labute approximate surface area is 104 Å². The number of hydrogen-bond acceptors (Lipinski definition) is 6. The zero-order valence-electron chi connectivity index (χ0n) is 10.1. The molecule has 1 N–H and O–H groups in total. The van der Waals surface area contributed by atoms with Crippen molar-refractivity contribution >= 4 is 17.3 Å². The molecule has 0 unspecified atom stereocenters. The van der Waals surface area contributed by atoms with Gasteiger partial charge < -0.3 is 14.8 Å². The van der Waals surface area contributed by atoms with Gasteiger partial charge in [0.15, 0.2) is 5.75 Å². The van der Waals surface area contributed by atoms with E-state index >= 15 is 0 Å². The number of hydrogen-bond donors (Lipinski definition) is 1. The van der Waals surface area contributed by atoms with E-state index in [1.54, 1.807) is 13.0 Å². The van der Waals surface area contributed by atoms with Crippen LogP contribution in [0.2, 0.25) is 0 Å². The molecule has 0 spiro atoms. The lowest BCUT2D eigenvalue weighted by Gasteiger charge is -2.08. The number of benzene rings is 1. The molecule has 0 saturated heterocycles. The number of nitro benzene ring substituents is 1. The number of anilines is 1. The third-order valence-electron chi connectivity index (χ3n) is 2.13. The number of nitro groups is 1. The van der Waals surface area contributed by atoms with Crippen molar-refractivity contribution in [2.45, 2.75) is 6.92 Å². The number of ether oxygens (including phenoxy) is 2. The van der Waals surface area contributed by atoms with Crippen molar-refractivity contribution in [3.05, 3.63) is 28.3 Å². The van der Waals surface area contributed by atoms with Gasteiger partial charge in [0.2, 0.25) is 0 Å². The highest BCUT2D eigenvalue weighted by atomic mass is 16.6. The first-order valence-corrected chi connectivity index (χ1v) is 5.31. The van der Waals surface area contributed by atoms with E-state index in [1.165, 1.54) is 19.2 Å². The monoisotopic (exact) mass is 254 g/mol. The molecule has 1 rings (SSSR count). The van der Waals surface area contributed by atoms with Crippen LogP contribution in [-0.2, 0) is 9.53 Å². The number of methoxy groups -OCH3 is 1. The van der Waals surface area contributed by atoms with E-state index in [1.807, 2.05) is 0 Å². The van der Waals surface area contributed by atoms with Gasteiger partial charge in [-0.3, -0.25) is 14.9 Å². The van der Waals surface area contributed by atoms with Gasteiger partial charge in [0, 0.05) is 0 Å². The van der Waals surface area contributed by atoms with E-state index in [2.05, 4.69) is 5.32 Å². The van der Waals surface area contributed by atoms with Gasteiger partial charge in [0.1, 0.15) is 12.2 Å². The molecule has 1 aromatic rings. The molecule has 0 atom stereocenters. The van der Waals surface area contributed by atoms with E-state index in [-0.39, 0.29) is 30.3 Å². The van der Waals surface area contributed by atoms with Crippen LogP contribution >= 0.6 is 0 Å². The minimum Gasteiger partial charge on any atom is -0.490 e. The normalized spacial score (nSPS) is 9.67. The SMILES string of the molecule is CCOC(=O)CNc1cccc(OC)c1[N+](=O)[O-]. The van der Waals surface area contributed by atoms with Crippen molar-refractivity contribution in [2.24, 2.45) is 0 Å². The second-order valence-corrected chi connectivity index (χ2v) is 3.27. The number of nitrogens with one attached hydrogen (secondary N) is 1. The third-order valence-corrected chi connectivity index (χ3v) is 2.13. The van der Waals surface area contributed by atoms with E-state index in [0.717, 1.165) is 0 Å². The van der Waals surface area contributed by atoms with Gasteiger partial charge in [0.25, 0.3) is 0 Å². The zero-order valence-corrected chi connectivity index (χ0v) is 10.1. The Kier molecular flexibility index (Phi) is 4.91. The maximum absolute atomic E-state index is 11.2. The highest BCUT2D eigenvalue weighted by Crippen LogP contribution is 2.34. The summed E-state index contributed by atoms with van der Waals surface area (Å²) in [5.74, 6) is -0.344. The summed E-state index contributed by atoms with van der Waals surface area (Å²) >= 11 is 0. The highest BCUT2D eigenvalue weighted by molar-refractivity contribution is 5.78. The standard InChI is InChI=1S/C11H14N2O5/c1-3-18-10(14)7-12-8-5-4-6-9(17-2)11(8)13(15)16/h4-6,12H,3,7H2,1-2H3. The van der Waals surface area contributed by atoms with Crippen molar-refractivity contribution < 1.29 is 19.2 Å². The fraction of sp³-hybridized carbons (Fsp3) is 0.364. The summed E-state index contributed by atoms with van der Waals surface area (Å²) in [4.78, 5) is 21.5. The number of rotatable bonds is 6. The van der Waals surface area contributed by atoms with Crippen LogP contribution in [0.4, 0.5) is 11.4 Å². The average molecular weight is 254 g/mol. The summed E-state index contributed by atoms with van der Waals surface area (Å²) in [6, 6.07) is 4.58. The predicted octanol–water partition coefficient (Wildman–Crippen LogP) is 1.58. The molecule has 0 aliphatic rings. The first-order chi connectivity index (χ1) is 8.60. The van der Waals surface area contributed by atoms with Crippen LogP contribution in [0, 0.1) is 10.1 Å². The molecule has 0 heterocycles. The first kappa shape index (κ1) is 13.8. The van der Waals surface area contributed by atoms with Gasteiger partial charge in [-0.05, 0) is 19.1 Å². The van der Waals surface area contributed by atoms with Crippen LogP contribution in [0.5, 0.6) is 5.75 Å². The fourth-order valence-electron chi connectivity index (χ4n) is 1.40. The minimum absolute atomic E-state index is 0.133. The lowest BCUT2D eigenvalue weighted by molar-refractivity contribution is -0.384. The molecule has 0 aromatic heterocycles. The van der Waals surface area contributed by atoms with Crippen molar-refractivity contribution in [2.75, 3.05) is 25.6 Å². The smallest absolute Gasteiger partial charge is 0.333 e. The summed E-state index contributed by atoms with van der Waals surface area (Å²) in [6.45, 7) is 1.81. The lowest BCUT2D eigenvalue weighted by atomic mass is 10.2. The second kappa shape index (κ2) is 6.43. The van der Waals surface area contributed by atoms with Crippen molar-refractivity contribution in [1.29, 1.82) is 0 Å². The van der Waals surface area contributed by atoms with Gasteiger partial charge in [-0.1, -0.05) is 6.07 Å². The molecule has 7 nitrogen and oxygen atoms in total. The second-order valence-electron chi connectivity index (χ2n) is 3.27. The molecule has 0 fully saturated rings. The molecule has 0 bridgehead atoms. The van der Waals surface area contributed by atoms with Gasteiger partial charge >= 0.3 is 11.7 Å². The van der Waals surface area contributed by atoms with Crippen LogP contribution in [0.3, 0.4) is 0 Å². The maximum atomic E-state index is 11.2. The van der Waals surface area contributed by atoms with Gasteiger partial charge in [0.05, 0.1) is 18.6 Å². The topological polar surface area (TPSA) is 90.7 Å². The molecule has 0 radical (unpaired) electrons. The third kappa shape index (κ3) is 3.34. The molecule has 7 heteroatoms. The number of para-hydroxylation sites is 1. The van der Waals surface area contributed by atoms with Crippen molar-refractivity contribution in [3.8, 4) is 5.75 Å². The predicted molar refractivity (Wildman–Crippen MR) is 64.8 cm³/mol. The van der Waals surface area contributed by atoms with Gasteiger partial charge in [-0.15, -0.1) is 0 Å². The molecular formula is C11H14N2O5. The molecule has 0 aliphatic carbocycles. The Morgan fingerprint density at radius 1 is 1.50 bits per heavy atom. The molecule has 0 saturated carbocycles. The van der Waals surface area contributed by atoms with E-state index < -0.39 is 10.9 Å². The molecular weight excluding hydrogens is 240 g/mol. The lowest BCUT2D eigenvalue weighted by Crippen LogP contribution is -2.17. The van der Waals surface area contributed by atoms with Crippen LogP contribution in [0.1, 0.15) is 6.92 Å². The van der Waals surface area contributed by atoms with E-state index in [9.17, 15) is 14.9 Å². The van der Waals surface area contributed by atoms with E-state index in [4.69, 9.17) is 9.47 Å². The summed E-state index contributed by atoms with van der Waals surface area (Å²) in [7, 11) is 1.34. The molecule has 0 aliphatic heterocycles. The average Bonchev–Trinajstić information content (AvgIpc) is 2.35. The molecule has 98 valence electrons. The number of nitrogens with zero attached hydrogens (tertiary/aromatic N) is 1. The first-order valence-electron chi connectivity index (χ1n) is 5.31. The van der Waals surface area contributed by atoms with Crippen LogP contribution in [0.15, 0.2) is 18.2 Å². The Morgan fingerprint density at radius 2 is 2.22 bits per heavy atom. The summed E-state index contributed by atoms with van der Waals surface area (Å²) in [6.07, 6.45) is 0. The fourth-order valence-corrected chi connectivity index (χ4v) is 1.40. The largest absolute Gasteiger partial charge is 0.490 e. The molecule has 18 heavy (non-hydrogen) atoms. The van der Waals surface area contributed by atoms with Gasteiger partial charge in [-0.25, -0.2) is 0 Å². The number of carbonyl (C=O) groups is 1. The van der Waals surface area contributed by atoms with Crippen LogP contribution < -0.4 is 10.1 Å². The summed E-state index contributed by atoms with van der Waals surface area (Å²) < 4.78 is 9.62. The van der Waals surface area contributed by atoms with Crippen molar-refractivity contribution in [1.82, 2.24) is 0 Å². The summed E-state index contributed by atoms with van der Waals surface area (Å²) in [5.41, 5.74) is 0.0108. The Hall–Kier alpha value is -2.31. The molecule has 0 amide bonds. The Balaban J connectivity index is 2.88.